The number of hydrogen-bond donors (Lipinski definition) is 0. The van der Waals surface area contributed by atoms with Crippen LogP contribution in [-0.4, -0.2) is 32.0 Å². The summed E-state index contributed by atoms with van der Waals surface area (Å²) in [7, 11) is 1.66. The summed E-state index contributed by atoms with van der Waals surface area (Å²) in [6.45, 7) is 10.2. The lowest BCUT2D eigenvalue weighted by molar-refractivity contribution is -0.271. The average Bonchev–Trinajstić information content (AvgIpc) is 2.67. The number of allylic oxidation sites excluding steroid dienone is 1. The van der Waals surface area contributed by atoms with Crippen LogP contribution >= 0.6 is 0 Å². The molecule has 0 spiro atoms. The molecular formula is C21H30O4. The Balaban J connectivity index is 2.04. The van der Waals surface area contributed by atoms with Gasteiger partial charge in [0.05, 0.1) is 25.9 Å². The molecule has 0 bridgehead atoms. The van der Waals surface area contributed by atoms with Crippen LogP contribution in [0.25, 0.3) is 0 Å². The second kappa shape index (κ2) is 10.4. The molecule has 4 heteroatoms. The van der Waals surface area contributed by atoms with E-state index in [2.05, 4.69) is 20.1 Å². The highest BCUT2D eigenvalue weighted by atomic mass is 16.7. The van der Waals surface area contributed by atoms with E-state index in [1.54, 1.807) is 7.11 Å². The smallest absolute Gasteiger partial charge is 0.184 e. The third kappa shape index (κ3) is 5.70. The van der Waals surface area contributed by atoms with Gasteiger partial charge in [-0.3, -0.25) is 0 Å². The monoisotopic (exact) mass is 346 g/mol. The molecule has 25 heavy (non-hydrogen) atoms. The van der Waals surface area contributed by atoms with E-state index < -0.39 is 0 Å². The van der Waals surface area contributed by atoms with E-state index in [1.807, 2.05) is 36.4 Å². The van der Waals surface area contributed by atoms with E-state index in [1.165, 1.54) is 0 Å². The fraction of sp³-hybridized carbons (Fsp3) is 0.524. The van der Waals surface area contributed by atoms with Gasteiger partial charge in [0.15, 0.2) is 6.29 Å². The molecule has 0 N–H and O–H groups in total. The van der Waals surface area contributed by atoms with Gasteiger partial charge < -0.3 is 18.9 Å². The first kappa shape index (κ1) is 19.7. The van der Waals surface area contributed by atoms with Gasteiger partial charge in [-0.1, -0.05) is 31.2 Å². The van der Waals surface area contributed by atoms with E-state index in [0.717, 1.165) is 37.0 Å². The molecule has 0 aromatic heterocycles. The van der Waals surface area contributed by atoms with Crippen LogP contribution < -0.4 is 4.74 Å². The average molecular weight is 346 g/mol. The summed E-state index contributed by atoms with van der Waals surface area (Å²) in [4.78, 5) is 0. The van der Waals surface area contributed by atoms with Crippen molar-refractivity contribution < 1.29 is 18.9 Å². The fourth-order valence-corrected chi connectivity index (χ4v) is 2.90. The zero-order valence-corrected chi connectivity index (χ0v) is 15.4. The van der Waals surface area contributed by atoms with Gasteiger partial charge in [-0.15, -0.1) is 13.2 Å². The second-order valence-corrected chi connectivity index (χ2v) is 6.19. The topological polar surface area (TPSA) is 36.9 Å². The molecule has 1 aliphatic heterocycles. The molecule has 2 rings (SSSR count). The standard InChI is InChI=1S/C21H30O4/c1-5-8-9-10-19-20(24-17(6-2)7-3)15-23-21(25-19)16-11-13-18(22-4)14-12-16/h5-6,11-14,17,19-21H,1-2,7-10,15H2,3-4H3/t17-,19+,20-,21-/m1/s1. The lowest BCUT2D eigenvalue weighted by atomic mass is 10.0. The molecule has 1 fully saturated rings. The van der Waals surface area contributed by atoms with Crippen LogP contribution in [0.5, 0.6) is 5.75 Å². The van der Waals surface area contributed by atoms with E-state index in [-0.39, 0.29) is 24.6 Å². The second-order valence-electron chi connectivity index (χ2n) is 6.19. The fourth-order valence-electron chi connectivity index (χ4n) is 2.90. The van der Waals surface area contributed by atoms with Crippen LogP contribution in [0, 0.1) is 0 Å². The van der Waals surface area contributed by atoms with Crippen LogP contribution in [0.4, 0.5) is 0 Å². The first-order valence-electron chi connectivity index (χ1n) is 9.01. The van der Waals surface area contributed by atoms with Gasteiger partial charge >= 0.3 is 0 Å². The van der Waals surface area contributed by atoms with Crippen LogP contribution in [0.2, 0.25) is 0 Å². The Labute approximate surface area is 151 Å². The normalized spacial score (nSPS) is 24.5. The summed E-state index contributed by atoms with van der Waals surface area (Å²) >= 11 is 0. The van der Waals surface area contributed by atoms with Crippen molar-refractivity contribution in [3.05, 3.63) is 55.1 Å². The molecule has 0 saturated carbocycles. The van der Waals surface area contributed by atoms with Gasteiger partial charge in [-0.05, 0) is 37.8 Å². The Morgan fingerprint density at radius 2 is 2.04 bits per heavy atom. The molecule has 4 atom stereocenters. The Bertz CT molecular complexity index is 525. The highest BCUT2D eigenvalue weighted by Gasteiger charge is 2.34. The predicted octanol–water partition coefficient (Wildman–Crippen LogP) is 4.82. The number of hydrogen-bond acceptors (Lipinski definition) is 4. The Morgan fingerprint density at radius 1 is 1.28 bits per heavy atom. The molecule has 1 heterocycles. The summed E-state index contributed by atoms with van der Waals surface area (Å²) < 4.78 is 23.5. The number of rotatable bonds is 10. The first-order valence-corrected chi connectivity index (χ1v) is 9.01. The minimum Gasteiger partial charge on any atom is -0.497 e. The maximum atomic E-state index is 6.24. The molecule has 1 saturated heterocycles. The van der Waals surface area contributed by atoms with Gasteiger partial charge in [-0.2, -0.15) is 0 Å². The van der Waals surface area contributed by atoms with E-state index in [4.69, 9.17) is 18.9 Å². The molecule has 4 nitrogen and oxygen atoms in total. The lowest BCUT2D eigenvalue weighted by Gasteiger charge is -2.38. The number of benzene rings is 1. The van der Waals surface area contributed by atoms with Gasteiger partial charge in [0.1, 0.15) is 11.9 Å². The summed E-state index contributed by atoms with van der Waals surface area (Å²) in [6.07, 6.45) is 7.15. The Kier molecular flexibility index (Phi) is 8.19. The lowest BCUT2D eigenvalue weighted by Crippen LogP contribution is -2.43. The molecule has 1 aromatic carbocycles. The zero-order chi connectivity index (χ0) is 18.1. The first-order chi connectivity index (χ1) is 12.2. The third-order valence-corrected chi connectivity index (χ3v) is 4.42. The van der Waals surface area contributed by atoms with Crippen molar-refractivity contribution in [3.63, 3.8) is 0 Å². The van der Waals surface area contributed by atoms with Crippen LogP contribution in [0.3, 0.4) is 0 Å². The summed E-state index contributed by atoms with van der Waals surface area (Å²) in [6, 6.07) is 7.79. The molecular weight excluding hydrogens is 316 g/mol. The molecule has 0 amide bonds. The van der Waals surface area contributed by atoms with Gasteiger partial charge in [0.2, 0.25) is 0 Å². The number of unbranched alkanes of at least 4 members (excludes halogenated alkanes) is 1. The van der Waals surface area contributed by atoms with Crippen molar-refractivity contribution >= 4 is 0 Å². The molecule has 1 aliphatic rings. The van der Waals surface area contributed by atoms with Crippen molar-refractivity contribution in [2.75, 3.05) is 13.7 Å². The Morgan fingerprint density at radius 3 is 2.64 bits per heavy atom. The van der Waals surface area contributed by atoms with Crippen LogP contribution in [0.1, 0.15) is 44.5 Å². The third-order valence-electron chi connectivity index (χ3n) is 4.42. The van der Waals surface area contributed by atoms with Crippen molar-refractivity contribution in [2.24, 2.45) is 0 Å². The van der Waals surface area contributed by atoms with Crippen LogP contribution in [-0.2, 0) is 14.2 Å². The van der Waals surface area contributed by atoms with Crippen molar-refractivity contribution in [1.29, 1.82) is 0 Å². The van der Waals surface area contributed by atoms with E-state index >= 15 is 0 Å². The molecule has 0 aliphatic carbocycles. The zero-order valence-electron chi connectivity index (χ0n) is 15.4. The van der Waals surface area contributed by atoms with E-state index in [0.29, 0.717) is 6.61 Å². The summed E-state index contributed by atoms with van der Waals surface area (Å²) in [5.41, 5.74) is 0.990. The highest BCUT2D eigenvalue weighted by Crippen LogP contribution is 2.31. The summed E-state index contributed by atoms with van der Waals surface area (Å²) in [5, 5.41) is 0. The Hall–Kier alpha value is -1.62. The SMILES string of the molecule is C=CCCC[C@@H]1O[C@H](c2ccc(OC)cc2)OC[C@H]1O[C@H](C=C)CC. The molecule has 138 valence electrons. The predicted molar refractivity (Wildman–Crippen MR) is 99.8 cm³/mol. The van der Waals surface area contributed by atoms with Crippen molar-refractivity contribution in [3.8, 4) is 5.75 Å². The van der Waals surface area contributed by atoms with Gasteiger partial charge in [0, 0.05) is 5.56 Å². The largest absolute Gasteiger partial charge is 0.497 e. The number of methoxy groups -OCH3 is 1. The summed E-state index contributed by atoms with van der Waals surface area (Å²) in [5.74, 6) is 0.820. The minimum absolute atomic E-state index is 0.00481. The number of ether oxygens (including phenoxy) is 4. The van der Waals surface area contributed by atoms with E-state index in [9.17, 15) is 0 Å². The maximum absolute atomic E-state index is 6.24. The van der Waals surface area contributed by atoms with Crippen molar-refractivity contribution in [2.45, 2.75) is 57.2 Å². The van der Waals surface area contributed by atoms with Crippen molar-refractivity contribution in [1.82, 2.24) is 0 Å². The molecule has 1 aromatic rings. The molecule has 0 radical (unpaired) electrons. The van der Waals surface area contributed by atoms with Crippen LogP contribution in [0.15, 0.2) is 49.6 Å². The van der Waals surface area contributed by atoms with Gasteiger partial charge in [0.25, 0.3) is 0 Å². The maximum Gasteiger partial charge on any atom is 0.184 e. The van der Waals surface area contributed by atoms with Gasteiger partial charge in [-0.25, -0.2) is 0 Å². The quantitative estimate of drug-likeness (QED) is 0.450. The highest BCUT2D eigenvalue weighted by molar-refractivity contribution is 5.28. The molecule has 0 unspecified atom stereocenters. The minimum atomic E-state index is -0.372.